The van der Waals surface area contributed by atoms with Crippen LogP contribution in [0.4, 0.5) is 5.69 Å². The van der Waals surface area contributed by atoms with Gasteiger partial charge in [0.25, 0.3) is 5.69 Å². The highest BCUT2D eigenvalue weighted by atomic mass is 16.6. The molecule has 16 heavy (non-hydrogen) atoms. The molecule has 0 aliphatic carbocycles. The summed E-state index contributed by atoms with van der Waals surface area (Å²) in [5.41, 5.74) is 1.22. The van der Waals surface area contributed by atoms with Crippen LogP contribution in [0.2, 0.25) is 0 Å². The molecule has 0 aromatic heterocycles. The molecular weight excluding hydrogens is 204 g/mol. The maximum atomic E-state index is 10.4. The Morgan fingerprint density at radius 3 is 2.62 bits per heavy atom. The second-order valence-electron chi connectivity index (χ2n) is 3.28. The number of hydrogen-bond acceptors (Lipinski definition) is 3. The van der Waals surface area contributed by atoms with Gasteiger partial charge in [-0.3, -0.25) is 10.1 Å². The van der Waals surface area contributed by atoms with Crippen LogP contribution in [-0.2, 0) is 6.42 Å². The summed E-state index contributed by atoms with van der Waals surface area (Å²) < 4.78 is 0. The molecule has 0 unspecified atom stereocenters. The predicted molar refractivity (Wildman–Crippen MR) is 63.1 cm³/mol. The minimum atomic E-state index is -0.390. The third-order valence-corrected chi connectivity index (χ3v) is 2.13. The van der Waals surface area contributed by atoms with Gasteiger partial charge in [-0.2, -0.15) is 0 Å². The molecule has 0 aliphatic rings. The molecule has 1 N–H and O–H groups in total. The Hall–Kier alpha value is -1.86. The third-order valence-electron chi connectivity index (χ3n) is 2.13. The van der Waals surface area contributed by atoms with Crippen LogP contribution in [0.1, 0.15) is 12.5 Å². The number of hydrogen-bond donors (Lipinski definition) is 1. The minimum Gasteiger partial charge on any atom is -0.306 e. The van der Waals surface area contributed by atoms with Crippen molar-refractivity contribution in [3.8, 4) is 11.8 Å². The molecule has 0 saturated carbocycles. The van der Waals surface area contributed by atoms with Crippen molar-refractivity contribution in [1.82, 2.24) is 5.32 Å². The maximum absolute atomic E-state index is 10.4. The van der Waals surface area contributed by atoms with Crippen LogP contribution >= 0.6 is 0 Å². The van der Waals surface area contributed by atoms with Gasteiger partial charge >= 0.3 is 0 Å². The van der Waals surface area contributed by atoms with Crippen LogP contribution in [0.5, 0.6) is 0 Å². The zero-order chi connectivity index (χ0) is 11.8. The van der Waals surface area contributed by atoms with Gasteiger partial charge in [-0.25, -0.2) is 0 Å². The molecule has 0 saturated heterocycles. The molecule has 1 aromatic rings. The van der Waals surface area contributed by atoms with Gasteiger partial charge in [0.15, 0.2) is 0 Å². The third kappa shape index (κ3) is 4.11. The molecule has 0 amide bonds. The largest absolute Gasteiger partial charge is 0.306 e. The van der Waals surface area contributed by atoms with E-state index in [1.54, 1.807) is 19.1 Å². The number of benzene rings is 1. The van der Waals surface area contributed by atoms with Gasteiger partial charge in [0.05, 0.1) is 11.5 Å². The fraction of sp³-hybridized carbons (Fsp3) is 0.333. The molecule has 0 radical (unpaired) electrons. The summed E-state index contributed by atoms with van der Waals surface area (Å²) in [5.74, 6) is 5.71. The van der Waals surface area contributed by atoms with Crippen molar-refractivity contribution in [3.05, 3.63) is 39.9 Å². The number of non-ortho nitro benzene ring substituents is 1. The summed E-state index contributed by atoms with van der Waals surface area (Å²) in [6, 6.07) is 6.62. The van der Waals surface area contributed by atoms with Crippen molar-refractivity contribution in [2.75, 3.05) is 13.1 Å². The average molecular weight is 218 g/mol. The number of rotatable bonds is 5. The number of nitro groups is 1. The number of nitro benzene ring substituents is 1. The highest BCUT2D eigenvalue weighted by Gasteiger charge is 2.03. The van der Waals surface area contributed by atoms with Crippen molar-refractivity contribution < 1.29 is 4.92 Å². The molecule has 1 aromatic carbocycles. The Kier molecular flexibility index (Phi) is 5.03. The van der Waals surface area contributed by atoms with Gasteiger partial charge in [0.2, 0.25) is 0 Å². The summed E-state index contributed by atoms with van der Waals surface area (Å²) in [6.07, 6.45) is 0.851. The van der Waals surface area contributed by atoms with E-state index in [1.807, 2.05) is 0 Å². The van der Waals surface area contributed by atoms with Crippen LogP contribution in [-0.4, -0.2) is 18.0 Å². The predicted octanol–water partition coefficient (Wildman–Crippen LogP) is 1.75. The van der Waals surface area contributed by atoms with Crippen LogP contribution < -0.4 is 5.32 Å². The lowest BCUT2D eigenvalue weighted by atomic mass is 10.1. The molecule has 0 heterocycles. The van der Waals surface area contributed by atoms with Gasteiger partial charge < -0.3 is 5.32 Å². The molecule has 0 spiro atoms. The van der Waals surface area contributed by atoms with Gasteiger partial charge in [0, 0.05) is 18.7 Å². The minimum absolute atomic E-state index is 0.133. The topological polar surface area (TPSA) is 55.2 Å². The van der Waals surface area contributed by atoms with Crippen LogP contribution in [0, 0.1) is 22.0 Å². The molecule has 0 aliphatic heterocycles. The van der Waals surface area contributed by atoms with Crippen molar-refractivity contribution in [2.24, 2.45) is 0 Å². The highest BCUT2D eigenvalue weighted by molar-refractivity contribution is 5.32. The van der Waals surface area contributed by atoms with Crippen molar-refractivity contribution in [2.45, 2.75) is 13.3 Å². The lowest BCUT2D eigenvalue weighted by Gasteiger charge is -2.01. The first-order chi connectivity index (χ1) is 7.74. The summed E-state index contributed by atoms with van der Waals surface area (Å²) in [4.78, 5) is 10.0. The lowest BCUT2D eigenvalue weighted by molar-refractivity contribution is -0.384. The van der Waals surface area contributed by atoms with Gasteiger partial charge in [-0.15, -0.1) is 5.92 Å². The van der Waals surface area contributed by atoms with Gasteiger partial charge in [-0.1, -0.05) is 18.1 Å². The zero-order valence-electron chi connectivity index (χ0n) is 9.19. The fourth-order valence-electron chi connectivity index (χ4n) is 1.26. The monoisotopic (exact) mass is 218 g/mol. The van der Waals surface area contributed by atoms with E-state index in [0.717, 1.165) is 18.5 Å². The van der Waals surface area contributed by atoms with E-state index in [9.17, 15) is 10.1 Å². The Morgan fingerprint density at radius 1 is 1.38 bits per heavy atom. The standard InChI is InChI=1S/C12H14N2O2/c1-2-3-9-13-10-8-11-4-6-12(7-5-11)14(15)16/h4-7,13H,8-10H2,1H3. The normalized spacial score (nSPS) is 9.31. The Labute approximate surface area is 94.8 Å². The molecule has 0 atom stereocenters. The maximum Gasteiger partial charge on any atom is 0.269 e. The summed E-state index contributed by atoms with van der Waals surface area (Å²) in [6.45, 7) is 3.31. The van der Waals surface area contributed by atoms with Crippen LogP contribution in [0.3, 0.4) is 0 Å². The first-order valence-corrected chi connectivity index (χ1v) is 5.07. The average Bonchev–Trinajstić information content (AvgIpc) is 2.29. The quantitative estimate of drug-likeness (QED) is 0.354. The summed E-state index contributed by atoms with van der Waals surface area (Å²) >= 11 is 0. The van der Waals surface area contributed by atoms with E-state index in [4.69, 9.17) is 0 Å². The molecule has 4 heteroatoms. The van der Waals surface area contributed by atoms with Gasteiger partial charge in [-0.05, 0) is 18.9 Å². The molecule has 84 valence electrons. The second kappa shape index (κ2) is 6.59. The molecule has 4 nitrogen and oxygen atoms in total. The summed E-state index contributed by atoms with van der Waals surface area (Å²) in [7, 11) is 0. The van der Waals surface area contributed by atoms with E-state index >= 15 is 0 Å². The first-order valence-electron chi connectivity index (χ1n) is 5.07. The molecular formula is C12H14N2O2. The SMILES string of the molecule is CC#CCNCCc1ccc([N+](=O)[O-])cc1. The fourth-order valence-corrected chi connectivity index (χ4v) is 1.26. The zero-order valence-corrected chi connectivity index (χ0v) is 9.19. The van der Waals surface area contributed by atoms with Crippen molar-refractivity contribution >= 4 is 5.69 Å². The smallest absolute Gasteiger partial charge is 0.269 e. The van der Waals surface area contributed by atoms with E-state index in [-0.39, 0.29) is 5.69 Å². The number of nitrogens with zero attached hydrogens (tertiary/aromatic N) is 1. The van der Waals surface area contributed by atoms with Crippen LogP contribution in [0.15, 0.2) is 24.3 Å². The first kappa shape index (κ1) is 12.2. The highest BCUT2D eigenvalue weighted by Crippen LogP contribution is 2.11. The number of nitrogens with one attached hydrogen (secondary N) is 1. The van der Waals surface area contributed by atoms with Crippen LogP contribution in [0.25, 0.3) is 0 Å². The van der Waals surface area contributed by atoms with E-state index < -0.39 is 4.92 Å². The summed E-state index contributed by atoms with van der Waals surface area (Å²) in [5, 5.41) is 13.6. The molecule has 0 fully saturated rings. The van der Waals surface area contributed by atoms with E-state index in [0.29, 0.717) is 6.54 Å². The van der Waals surface area contributed by atoms with Gasteiger partial charge in [0.1, 0.15) is 0 Å². The molecule has 0 bridgehead atoms. The van der Waals surface area contributed by atoms with E-state index in [1.165, 1.54) is 12.1 Å². The van der Waals surface area contributed by atoms with Crippen molar-refractivity contribution in [3.63, 3.8) is 0 Å². The second-order valence-corrected chi connectivity index (χ2v) is 3.28. The van der Waals surface area contributed by atoms with E-state index in [2.05, 4.69) is 17.2 Å². The Balaban J connectivity index is 2.36. The Morgan fingerprint density at radius 2 is 2.06 bits per heavy atom. The molecule has 1 rings (SSSR count). The lowest BCUT2D eigenvalue weighted by Crippen LogP contribution is -2.17. The Bertz CT molecular complexity index is 401. The van der Waals surface area contributed by atoms with Crippen molar-refractivity contribution in [1.29, 1.82) is 0 Å².